The number of hydrogen-bond acceptors (Lipinski definition) is 0. The van der Waals surface area contributed by atoms with Crippen molar-refractivity contribution in [2.75, 3.05) is 0 Å². The van der Waals surface area contributed by atoms with E-state index in [1.807, 2.05) is 12.1 Å². The molecule has 1 nitrogen and oxygen atoms in total. The molecule has 0 aromatic heterocycles. The molecule has 0 spiro atoms. The summed E-state index contributed by atoms with van der Waals surface area (Å²) in [7, 11) is 0. The highest BCUT2D eigenvalue weighted by Crippen LogP contribution is 2.37. The largest absolute Gasteiger partial charge is 0.151 e. The first-order valence-corrected chi connectivity index (χ1v) is 4.75. The van der Waals surface area contributed by atoms with Gasteiger partial charge in [0.2, 0.25) is 0 Å². The molecule has 0 unspecified atom stereocenters. The van der Waals surface area contributed by atoms with Crippen molar-refractivity contribution in [1.82, 2.24) is 5.73 Å². The third-order valence-corrected chi connectivity index (χ3v) is 2.78. The lowest BCUT2D eigenvalue weighted by atomic mass is 10.1. The number of fused-ring (bicyclic) bond motifs is 3. The van der Waals surface area contributed by atoms with Crippen molar-refractivity contribution in [2.24, 2.45) is 0 Å². The van der Waals surface area contributed by atoms with E-state index in [-0.39, 0.29) is 0 Å². The van der Waals surface area contributed by atoms with E-state index in [1.165, 1.54) is 22.3 Å². The molecule has 1 aliphatic carbocycles. The van der Waals surface area contributed by atoms with E-state index in [0.29, 0.717) is 5.69 Å². The molecule has 0 saturated carbocycles. The number of benzene rings is 2. The van der Waals surface area contributed by atoms with Gasteiger partial charge in [0.15, 0.2) is 0 Å². The number of rotatable bonds is 0. The van der Waals surface area contributed by atoms with Crippen LogP contribution in [0.5, 0.6) is 0 Å². The Bertz CT molecular complexity index is 500. The van der Waals surface area contributed by atoms with Gasteiger partial charge in [-0.2, -0.15) is 5.73 Å². The van der Waals surface area contributed by atoms with E-state index in [2.05, 4.69) is 24.3 Å². The second-order valence-electron chi connectivity index (χ2n) is 3.68. The van der Waals surface area contributed by atoms with Crippen LogP contribution in [0.1, 0.15) is 11.1 Å². The fourth-order valence-corrected chi connectivity index (χ4v) is 2.13. The molecular weight excluding hydrogens is 170 g/mol. The Hall–Kier alpha value is -1.76. The molecule has 2 aromatic carbocycles. The molecule has 0 bridgehead atoms. The van der Waals surface area contributed by atoms with Crippen LogP contribution in [0.4, 0.5) is 5.69 Å². The van der Waals surface area contributed by atoms with Gasteiger partial charge in [0, 0.05) is 0 Å². The number of hydrogen-bond donors (Lipinski definition) is 0. The van der Waals surface area contributed by atoms with E-state index in [1.54, 1.807) is 6.07 Å². The highest BCUT2D eigenvalue weighted by Gasteiger charge is 2.17. The molecule has 1 aliphatic rings. The van der Waals surface area contributed by atoms with Crippen molar-refractivity contribution in [3.05, 3.63) is 53.6 Å². The summed E-state index contributed by atoms with van der Waals surface area (Å²) in [6.07, 6.45) is 0.944. The second-order valence-corrected chi connectivity index (χ2v) is 3.68. The van der Waals surface area contributed by atoms with Gasteiger partial charge in [-0.25, -0.2) is 0 Å². The van der Waals surface area contributed by atoms with Gasteiger partial charge in [0.1, 0.15) is 0 Å². The Morgan fingerprint density at radius 3 is 2.57 bits per heavy atom. The van der Waals surface area contributed by atoms with E-state index < -0.39 is 0 Å². The summed E-state index contributed by atoms with van der Waals surface area (Å²) in [5, 5.41) is 0. The van der Waals surface area contributed by atoms with Crippen LogP contribution < -0.4 is 5.73 Å². The Morgan fingerprint density at radius 1 is 0.857 bits per heavy atom. The molecule has 0 amide bonds. The Balaban J connectivity index is 2.27. The first-order valence-electron chi connectivity index (χ1n) is 4.75. The van der Waals surface area contributed by atoms with Crippen molar-refractivity contribution >= 4 is 5.69 Å². The van der Waals surface area contributed by atoms with Crippen molar-refractivity contribution in [1.29, 1.82) is 0 Å². The minimum atomic E-state index is 0.358. The lowest BCUT2D eigenvalue weighted by molar-refractivity contribution is 1.26. The van der Waals surface area contributed by atoms with E-state index in [0.717, 1.165) is 6.42 Å². The zero-order valence-electron chi connectivity index (χ0n) is 7.70. The normalized spacial score (nSPS) is 12.3. The molecule has 0 heterocycles. The van der Waals surface area contributed by atoms with Crippen LogP contribution >= 0.6 is 0 Å². The van der Waals surface area contributed by atoms with Gasteiger partial charge in [-0.1, -0.05) is 30.3 Å². The topological polar surface area (TPSA) is 22.3 Å². The third kappa shape index (κ3) is 0.956. The molecule has 0 fully saturated rings. The molecule has 3 rings (SSSR count). The molecule has 0 aliphatic heterocycles. The van der Waals surface area contributed by atoms with E-state index in [9.17, 15) is 5.73 Å². The quantitative estimate of drug-likeness (QED) is 0.506. The first kappa shape index (κ1) is 7.63. The summed E-state index contributed by atoms with van der Waals surface area (Å²) in [6, 6.07) is 14.0. The molecule has 0 N–H and O–H groups in total. The maximum absolute atomic E-state index is 9.38. The van der Waals surface area contributed by atoms with Crippen LogP contribution in [0, 0.1) is 0 Å². The summed E-state index contributed by atoms with van der Waals surface area (Å²) in [6.45, 7) is 0. The summed E-state index contributed by atoms with van der Waals surface area (Å²) in [5.74, 6) is 0. The van der Waals surface area contributed by atoms with Crippen LogP contribution in [0.2, 0.25) is 0 Å². The predicted molar refractivity (Wildman–Crippen MR) is 56.5 cm³/mol. The maximum Gasteiger partial charge on any atom is 0.0860 e. The lowest BCUT2D eigenvalue weighted by Crippen LogP contribution is -1.79. The minimum absolute atomic E-state index is 0.358. The maximum atomic E-state index is 9.38. The zero-order chi connectivity index (χ0) is 9.54. The molecule has 0 saturated heterocycles. The third-order valence-electron chi connectivity index (χ3n) is 2.78. The molecule has 1 heteroatoms. The minimum Gasteiger partial charge on any atom is -0.151 e. The molecule has 0 atom stereocenters. The first-order chi connectivity index (χ1) is 6.84. The van der Waals surface area contributed by atoms with Gasteiger partial charge >= 0.3 is 0 Å². The van der Waals surface area contributed by atoms with Crippen LogP contribution in [0.3, 0.4) is 0 Å². The standard InChI is InChI=1S/C13H9N/c14-11-5-6-13-10(8-11)7-9-3-1-2-4-12(9)13/h1-6,8H,7H2. The van der Waals surface area contributed by atoms with Gasteiger partial charge in [0.05, 0.1) is 5.69 Å². The molecule has 2 aromatic rings. The zero-order valence-corrected chi connectivity index (χ0v) is 7.70. The van der Waals surface area contributed by atoms with E-state index in [4.69, 9.17) is 0 Å². The molecular formula is C13H9N. The van der Waals surface area contributed by atoms with Crippen molar-refractivity contribution in [3.8, 4) is 11.1 Å². The van der Waals surface area contributed by atoms with Gasteiger partial charge in [-0.15, -0.1) is 0 Å². The number of nitrogens with zero attached hydrogens (tertiary/aromatic N) is 1. The van der Waals surface area contributed by atoms with E-state index >= 15 is 0 Å². The average molecular weight is 179 g/mol. The smallest absolute Gasteiger partial charge is 0.0860 e. The fraction of sp³-hybridized carbons (Fsp3) is 0.0769. The van der Waals surface area contributed by atoms with Gasteiger partial charge < -0.3 is 0 Å². The van der Waals surface area contributed by atoms with Crippen molar-refractivity contribution in [3.63, 3.8) is 0 Å². The molecule has 14 heavy (non-hydrogen) atoms. The van der Waals surface area contributed by atoms with Crippen molar-refractivity contribution in [2.45, 2.75) is 6.42 Å². The summed E-state index contributed by atoms with van der Waals surface area (Å²) < 4.78 is 0. The van der Waals surface area contributed by atoms with Gasteiger partial charge in [-0.3, -0.25) is 0 Å². The highest BCUT2D eigenvalue weighted by atomic mass is 14.5. The fourth-order valence-electron chi connectivity index (χ4n) is 2.13. The predicted octanol–water partition coefficient (Wildman–Crippen LogP) is 2.96. The van der Waals surface area contributed by atoms with Crippen LogP contribution in [-0.2, 0) is 6.42 Å². The van der Waals surface area contributed by atoms with Crippen molar-refractivity contribution < 1.29 is 0 Å². The average Bonchev–Trinajstić information content (AvgIpc) is 2.54. The summed E-state index contributed by atoms with van der Waals surface area (Å²) >= 11 is 0. The lowest BCUT2D eigenvalue weighted by Gasteiger charge is -1.99. The van der Waals surface area contributed by atoms with Crippen LogP contribution in [0.25, 0.3) is 11.1 Å². The molecule has 2 radical (unpaired) electrons. The summed E-state index contributed by atoms with van der Waals surface area (Å²) in [4.78, 5) is 0. The molecule has 66 valence electrons. The Kier molecular flexibility index (Phi) is 1.42. The monoisotopic (exact) mass is 179 g/mol. The Morgan fingerprint density at radius 2 is 1.64 bits per heavy atom. The second kappa shape index (κ2) is 2.61. The van der Waals surface area contributed by atoms with Crippen LogP contribution in [0.15, 0.2) is 42.5 Å². The SMILES string of the molecule is [N]c1ccc2c(c1)Cc1ccccc1-2. The van der Waals surface area contributed by atoms with Gasteiger partial charge in [-0.05, 0) is 40.8 Å². The highest BCUT2D eigenvalue weighted by molar-refractivity contribution is 5.77. The summed E-state index contributed by atoms with van der Waals surface area (Å²) in [5.41, 5.74) is 14.9. The Labute approximate surface area is 83.2 Å². The van der Waals surface area contributed by atoms with Gasteiger partial charge in [0.25, 0.3) is 0 Å². The van der Waals surface area contributed by atoms with Crippen LogP contribution in [-0.4, -0.2) is 0 Å².